The summed E-state index contributed by atoms with van der Waals surface area (Å²) in [5.41, 5.74) is 7.71. The topological polar surface area (TPSA) is 26.0 Å². The SMILES string of the molecule is Cc1ccc(C(N)Cc2ccccc2F)c(F)c1. The highest BCUT2D eigenvalue weighted by molar-refractivity contribution is 5.28. The molecule has 0 saturated heterocycles. The highest BCUT2D eigenvalue weighted by atomic mass is 19.1. The lowest BCUT2D eigenvalue weighted by molar-refractivity contribution is 0.562. The van der Waals surface area contributed by atoms with Crippen LogP contribution < -0.4 is 5.73 Å². The summed E-state index contributed by atoms with van der Waals surface area (Å²) in [7, 11) is 0. The maximum atomic E-state index is 13.7. The molecule has 1 unspecified atom stereocenters. The van der Waals surface area contributed by atoms with E-state index in [-0.39, 0.29) is 18.1 Å². The summed E-state index contributed by atoms with van der Waals surface area (Å²) in [5.74, 6) is -0.640. The first-order valence-corrected chi connectivity index (χ1v) is 5.83. The Kier molecular flexibility index (Phi) is 3.72. The summed E-state index contributed by atoms with van der Waals surface area (Å²) in [5, 5.41) is 0. The molecule has 0 aliphatic heterocycles. The van der Waals surface area contributed by atoms with Crippen molar-refractivity contribution in [2.45, 2.75) is 19.4 Å². The van der Waals surface area contributed by atoms with Crippen molar-refractivity contribution in [2.75, 3.05) is 0 Å². The summed E-state index contributed by atoms with van der Waals surface area (Å²) in [6, 6.07) is 10.8. The van der Waals surface area contributed by atoms with Crippen LogP contribution >= 0.6 is 0 Å². The van der Waals surface area contributed by atoms with Gasteiger partial charge in [0, 0.05) is 11.6 Å². The smallest absolute Gasteiger partial charge is 0.128 e. The van der Waals surface area contributed by atoms with Crippen LogP contribution in [0.5, 0.6) is 0 Å². The van der Waals surface area contributed by atoms with Crippen molar-refractivity contribution in [1.82, 2.24) is 0 Å². The van der Waals surface area contributed by atoms with E-state index in [1.165, 1.54) is 12.1 Å². The monoisotopic (exact) mass is 247 g/mol. The van der Waals surface area contributed by atoms with Crippen LogP contribution in [0.2, 0.25) is 0 Å². The molecule has 94 valence electrons. The Hall–Kier alpha value is -1.74. The van der Waals surface area contributed by atoms with Gasteiger partial charge in [-0.15, -0.1) is 0 Å². The molecule has 0 aromatic heterocycles. The number of nitrogens with two attached hydrogens (primary N) is 1. The van der Waals surface area contributed by atoms with Gasteiger partial charge in [0.05, 0.1) is 0 Å². The zero-order valence-corrected chi connectivity index (χ0v) is 10.2. The average Bonchev–Trinajstić information content (AvgIpc) is 2.32. The van der Waals surface area contributed by atoms with Gasteiger partial charge in [-0.05, 0) is 36.6 Å². The van der Waals surface area contributed by atoms with Gasteiger partial charge >= 0.3 is 0 Å². The highest BCUT2D eigenvalue weighted by Crippen LogP contribution is 2.21. The Bertz CT molecular complexity index is 552. The van der Waals surface area contributed by atoms with E-state index in [2.05, 4.69) is 0 Å². The zero-order valence-electron chi connectivity index (χ0n) is 10.2. The molecular weight excluding hydrogens is 232 g/mol. The molecule has 1 nitrogen and oxygen atoms in total. The van der Waals surface area contributed by atoms with Gasteiger partial charge in [-0.1, -0.05) is 30.3 Å². The van der Waals surface area contributed by atoms with Crippen LogP contribution in [0.1, 0.15) is 22.7 Å². The number of hydrogen-bond donors (Lipinski definition) is 1. The summed E-state index contributed by atoms with van der Waals surface area (Å²) >= 11 is 0. The van der Waals surface area contributed by atoms with Crippen molar-refractivity contribution in [3.05, 3.63) is 70.8 Å². The van der Waals surface area contributed by atoms with Crippen molar-refractivity contribution in [2.24, 2.45) is 5.73 Å². The van der Waals surface area contributed by atoms with Crippen LogP contribution in [0.15, 0.2) is 42.5 Å². The van der Waals surface area contributed by atoms with Crippen LogP contribution in [0.3, 0.4) is 0 Å². The molecule has 0 radical (unpaired) electrons. The highest BCUT2D eigenvalue weighted by Gasteiger charge is 2.13. The molecule has 0 fully saturated rings. The molecule has 2 aromatic carbocycles. The van der Waals surface area contributed by atoms with Crippen molar-refractivity contribution in [3.63, 3.8) is 0 Å². The van der Waals surface area contributed by atoms with Crippen molar-refractivity contribution in [3.8, 4) is 0 Å². The Balaban J connectivity index is 2.22. The number of hydrogen-bond acceptors (Lipinski definition) is 1. The van der Waals surface area contributed by atoms with Gasteiger partial charge in [-0.25, -0.2) is 8.78 Å². The fourth-order valence-corrected chi connectivity index (χ4v) is 1.94. The van der Waals surface area contributed by atoms with Gasteiger partial charge in [0.15, 0.2) is 0 Å². The number of benzene rings is 2. The number of halogens is 2. The summed E-state index contributed by atoms with van der Waals surface area (Å²) in [6.07, 6.45) is 0.284. The third-order valence-corrected chi connectivity index (χ3v) is 2.95. The van der Waals surface area contributed by atoms with Gasteiger partial charge < -0.3 is 5.73 Å². The lowest BCUT2D eigenvalue weighted by Crippen LogP contribution is -2.15. The van der Waals surface area contributed by atoms with Gasteiger partial charge in [-0.3, -0.25) is 0 Å². The molecular formula is C15H15F2N. The summed E-state index contributed by atoms with van der Waals surface area (Å²) in [6.45, 7) is 1.81. The molecule has 18 heavy (non-hydrogen) atoms. The molecule has 0 saturated carbocycles. The van der Waals surface area contributed by atoms with Crippen molar-refractivity contribution < 1.29 is 8.78 Å². The van der Waals surface area contributed by atoms with Crippen molar-refractivity contribution in [1.29, 1.82) is 0 Å². The lowest BCUT2D eigenvalue weighted by atomic mass is 9.98. The molecule has 3 heteroatoms. The zero-order chi connectivity index (χ0) is 13.1. The third kappa shape index (κ3) is 2.74. The van der Waals surface area contributed by atoms with Crippen LogP contribution in [0, 0.1) is 18.6 Å². The van der Waals surface area contributed by atoms with Crippen LogP contribution in [-0.4, -0.2) is 0 Å². The van der Waals surface area contributed by atoms with E-state index in [4.69, 9.17) is 5.73 Å². The Labute approximate surface area is 105 Å². The van der Waals surface area contributed by atoms with E-state index in [1.54, 1.807) is 30.3 Å². The average molecular weight is 247 g/mol. The molecule has 0 aliphatic rings. The van der Waals surface area contributed by atoms with Gasteiger partial charge in [0.2, 0.25) is 0 Å². The second-order valence-electron chi connectivity index (χ2n) is 4.43. The summed E-state index contributed by atoms with van der Waals surface area (Å²) in [4.78, 5) is 0. The molecule has 0 heterocycles. The van der Waals surface area contributed by atoms with Gasteiger partial charge in [0.1, 0.15) is 11.6 Å². The van der Waals surface area contributed by atoms with Crippen molar-refractivity contribution >= 4 is 0 Å². The largest absolute Gasteiger partial charge is 0.324 e. The van der Waals surface area contributed by atoms with Gasteiger partial charge in [-0.2, -0.15) is 0 Å². The van der Waals surface area contributed by atoms with E-state index < -0.39 is 6.04 Å². The minimum atomic E-state index is -0.539. The Morgan fingerprint density at radius 3 is 2.44 bits per heavy atom. The quantitative estimate of drug-likeness (QED) is 0.882. The fraction of sp³-hybridized carbons (Fsp3) is 0.200. The molecule has 2 N–H and O–H groups in total. The normalized spacial score (nSPS) is 12.4. The number of rotatable bonds is 3. The molecule has 2 rings (SSSR count). The molecule has 0 aliphatic carbocycles. The first kappa shape index (κ1) is 12.7. The second kappa shape index (κ2) is 5.27. The predicted octanol–water partition coefficient (Wildman–Crippen LogP) is 3.52. The number of aryl methyl sites for hydroxylation is 1. The Morgan fingerprint density at radius 1 is 1.06 bits per heavy atom. The first-order chi connectivity index (χ1) is 8.58. The molecule has 1 atom stereocenters. The maximum Gasteiger partial charge on any atom is 0.128 e. The predicted molar refractivity (Wildman–Crippen MR) is 68.2 cm³/mol. The minimum absolute atomic E-state index is 0.284. The van der Waals surface area contributed by atoms with E-state index in [0.717, 1.165) is 5.56 Å². The van der Waals surface area contributed by atoms with Gasteiger partial charge in [0.25, 0.3) is 0 Å². The van der Waals surface area contributed by atoms with E-state index >= 15 is 0 Å². The van der Waals surface area contributed by atoms with E-state index in [0.29, 0.717) is 11.1 Å². The van der Waals surface area contributed by atoms with E-state index in [9.17, 15) is 8.78 Å². The molecule has 0 spiro atoms. The van der Waals surface area contributed by atoms with Crippen LogP contribution in [-0.2, 0) is 6.42 Å². The summed E-state index contributed by atoms with van der Waals surface area (Å²) < 4.78 is 27.2. The fourth-order valence-electron chi connectivity index (χ4n) is 1.94. The third-order valence-electron chi connectivity index (χ3n) is 2.95. The van der Waals surface area contributed by atoms with E-state index in [1.807, 2.05) is 6.92 Å². The second-order valence-corrected chi connectivity index (χ2v) is 4.43. The maximum absolute atomic E-state index is 13.7. The van der Waals surface area contributed by atoms with Crippen LogP contribution in [0.25, 0.3) is 0 Å². The molecule has 0 bridgehead atoms. The molecule has 2 aromatic rings. The molecule has 0 amide bonds. The minimum Gasteiger partial charge on any atom is -0.324 e. The standard InChI is InChI=1S/C15H15F2N/c1-10-6-7-12(14(17)8-10)15(18)9-11-4-2-3-5-13(11)16/h2-8,15H,9,18H2,1H3. The lowest BCUT2D eigenvalue weighted by Gasteiger charge is -2.14. The Morgan fingerprint density at radius 2 is 1.78 bits per heavy atom. The van der Waals surface area contributed by atoms with Crippen LogP contribution in [0.4, 0.5) is 8.78 Å². The first-order valence-electron chi connectivity index (χ1n) is 5.83.